The van der Waals surface area contributed by atoms with E-state index < -0.39 is 6.09 Å². The van der Waals surface area contributed by atoms with E-state index in [1.165, 1.54) is 24.8 Å². The van der Waals surface area contributed by atoms with Gasteiger partial charge in [0, 0.05) is 38.1 Å². The molecule has 2 saturated heterocycles. The molecule has 0 unspecified atom stereocenters. The zero-order chi connectivity index (χ0) is 26.6. The molecule has 2 fully saturated rings. The summed E-state index contributed by atoms with van der Waals surface area (Å²) in [5.41, 5.74) is 2.24. The summed E-state index contributed by atoms with van der Waals surface area (Å²) >= 11 is 0. The van der Waals surface area contributed by atoms with Crippen LogP contribution in [-0.4, -0.2) is 73.2 Å². The molecule has 7 nitrogen and oxygen atoms in total. The van der Waals surface area contributed by atoms with Crippen molar-refractivity contribution in [3.8, 4) is 0 Å². The van der Waals surface area contributed by atoms with Crippen molar-refractivity contribution in [3.05, 3.63) is 71.8 Å². The number of nitrogens with one attached hydrogen (secondary N) is 2. The maximum Gasteiger partial charge on any atom is 0.407 e. The number of likely N-dealkylation sites (tertiary alicyclic amines) is 1. The predicted molar refractivity (Wildman–Crippen MR) is 151 cm³/mol. The number of hydrogen-bond donors (Lipinski definition) is 2. The molecule has 2 N–H and O–H groups in total. The molecule has 4 rings (SSSR count). The molecular formula is C31H44N4O3. The van der Waals surface area contributed by atoms with Crippen LogP contribution in [0.1, 0.15) is 62.5 Å². The maximum atomic E-state index is 13.8. The third kappa shape index (κ3) is 8.57. The zero-order valence-electron chi connectivity index (χ0n) is 22.8. The second-order valence-electron chi connectivity index (χ2n) is 10.6. The minimum atomic E-state index is -0.428. The highest BCUT2D eigenvalue weighted by Gasteiger charge is 2.32. The van der Waals surface area contributed by atoms with E-state index in [2.05, 4.69) is 51.6 Å². The van der Waals surface area contributed by atoms with Crippen molar-refractivity contribution >= 4 is 12.0 Å². The summed E-state index contributed by atoms with van der Waals surface area (Å²) < 4.78 is 5.40. The van der Waals surface area contributed by atoms with Gasteiger partial charge in [0.25, 0.3) is 0 Å². The molecule has 0 aromatic heterocycles. The van der Waals surface area contributed by atoms with Crippen LogP contribution >= 0.6 is 0 Å². The average molecular weight is 521 g/mol. The van der Waals surface area contributed by atoms with Crippen molar-refractivity contribution in [2.45, 2.75) is 70.1 Å². The maximum absolute atomic E-state index is 13.8. The summed E-state index contributed by atoms with van der Waals surface area (Å²) in [5, 5.41) is 6.53. The van der Waals surface area contributed by atoms with Crippen molar-refractivity contribution in [2.75, 3.05) is 39.3 Å². The summed E-state index contributed by atoms with van der Waals surface area (Å²) in [7, 11) is 0. The molecule has 0 radical (unpaired) electrons. The minimum Gasteiger partial charge on any atom is -0.445 e. The number of benzene rings is 2. The fourth-order valence-electron chi connectivity index (χ4n) is 5.57. The Morgan fingerprint density at radius 3 is 2.45 bits per heavy atom. The van der Waals surface area contributed by atoms with Crippen LogP contribution in [0, 0.1) is 0 Å². The van der Waals surface area contributed by atoms with Gasteiger partial charge in [-0.05, 0) is 56.3 Å². The Hall–Kier alpha value is -2.90. The molecule has 3 atom stereocenters. The van der Waals surface area contributed by atoms with E-state index in [0.717, 1.165) is 51.0 Å². The molecule has 2 aliphatic rings. The number of carbonyl (C=O) groups is 2. The minimum absolute atomic E-state index is 0.0105. The summed E-state index contributed by atoms with van der Waals surface area (Å²) in [6, 6.07) is 19.9. The highest BCUT2D eigenvalue weighted by atomic mass is 16.5. The van der Waals surface area contributed by atoms with Gasteiger partial charge in [0.05, 0.1) is 6.04 Å². The molecular weight excluding hydrogens is 476 g/mol. The molecule has 0 aliphatic carbocycles. The highest BCUT2D eigenvalue weighted by Crippen LogP contribution is 2.23. The number of nitrogens with zero attached hydrogens (tertiary/aromatic N) is 2. The van der Waals surface area contributed by atoms with Gasteiger partial charge < -0.3 is 25.2 Å². The topological polar surface area (TPSA) is 73.9 Å². The largest absolute Gasteiger partial charge is 0.445 e. The van der Waals surface area contributed by atoms with Crippen LogP contribution in [-0.2, 0) is 16.1 Å². The van der Waals surface area contributed by atoms with Gasteiger partial charge >= 0.3 is 6.09 Å². The number of ether oxygens (including phenoxy) is 1. The van der Waals surface area contributed by atoms with E-state index in [-0.39, 0.29) is 24.6 Å². The number of amides is 2. The number of piperidine rings is 1. The first-order valence-electron chi connectivity index (χ1n) is 14.4. The normalized spacial score (nSPS) is 21.5. The Kier molecular flexibility index (Phi) is 11.0. The molecule has 2 amide bonds. The molecule has 7 heteroatoms. The highest BCUT2D eigenvalue weighted by molar-refractivity contribution is 5.82. The van der Waals surface area contributed by atoms with Gasteiger partial charge in [0.15, 0.2) is 0 Å². The Morgan fingerprint density at radius 1 is 1.03 bits per heavy atom. The van der Waals surface area contributed by atoms with Crippen LogP contribution in [0.15, 0.2) is 60.7 Å². The molecule has 38 heavy (non-hydrogen) atoms. The van der Waals surface area contributed by atoms with Crippen LogP contribution < -0.4 is 10.6 Å². The van der Waals surface area contributed by atoms with Gasteiger partial charge in [-0.3, -0.25) is 4.79 Å². The van der Waals surface area contributed by atoms with Gasteiger partial charge in [-0.1, -0.05) is 74.0 Å². The lowest BCUT2D eigenvalue weighted by Gasteiger charge is -2.31. The quantitative estimate of drug-likeness (QED) is 0.455. The Bertz CT molecular complexity index is 981. The average Bonchev–Trinajstić information content (AvgIpc) is 3.12. The van der Waals surface area contributed by atoms with Gasteiger partial charge in [0.1, 0.15) is 6.61 Å². The van der Waals surface area contributed by atoms with E-state index in [9.17, 15) is 9.59 Å². The number of carbonyl (C=O) groups excluding carboxylic acids is 2. The summed E-state index contributed by atoms with van der Waals surface area (Å²) in [5.74, 6) is 0.496. The van der Waals surface area contributed by atoms with E-state index in [0.29, 0.717) is 19.0 Å². The standard InChI is InChI=1S/C31H44N4O3/c1-2-26(27-14-8-4-9-15-27)23-35-21-16-28(22-32-31(37)38-24-25-12-6-3-7-13-25)33-29(30(35)36)17-20-34-18-10-5-11-19-34/h3-4,6-9,12-15,26,28-29,33H,2,5,10-11,16-24H2,1H3,(H,32,37)/t26-,28+,29+/m1/s1. The van der Waals surface area contributed by atoms with E-state index in [1.807, 2.05) is 36.4 Å². The second kappa shape index (κ2) is 14.9. The fraction of sp³-hybridized carbons (Fsp3) is 0.548. The fourth-order valence-corrected chi connectivity index (χ4v) is 5.57. The van der Waals surface area contributed by atoms with Gasteiger partial charge in [-0.25, -0.2) is 4.79 Å². The smallest absolute Gasteiger partial charge is 0.407 e. The van der Waals surface area contributed by atoms with Crippen molar-refractivity contribution in [1.82, 2.24) is 20.4 Å². The third-order valence-electron chi connectivity index (χ3n) is 7.89. The first-order valence-corrected chi connectivity index (χ1v) is 14.4. The first kappa shape index (κ1) is 28.1. The van der Waals surface area contributed by atoms with Crippen LogP contribution in [0.3, 0.4) is 0 Å². The molecule has 0 spiro atoms. The van der Waals surface area contributed by atoms with Crippen molar-refractivity contribution in [1.29, 1.82) is 0 Å². The summed E-state index contributed by atoms with van der Waals surface area (Å²) in [4.78, 5) is 30.7. The van der Waals surface area contributed by atoms with E-state index in [4.69, 9.17) is 4.74 Å². The molecule has 2 aromatic carbocycles. The van der Waals surface area contributed by atoms with Gasteiger partial charge in [-0.15, -0.1) is 0 Å². The number of alkyl carbamates (subject to hydrolysis) is 1. The predicted octanol–water partition coefficient (Wildman–Crippen LogP) is 4.54. The molecule has 2 aromatic rings. The van der Waals surface area contributed by atoms with Gasteiger partial charge in [0.2, 0.25) is 5.91 Å². The third-order valence-corrected chi connectivity index (χ3v) is 7.89. The van der Waals surface area contributed by atoms with Crippen LogP contribution in [0.25, 0.3) is 0 Å². The second-order valence-corrected chi connectivity index (χ2v) is 10.6. The lowest BCUT2D eigenvalue weighted by Crippen LogP contribution is -2.50. The van der Waals surface area contributed by atoms with Crippen LogP contribution in [0.5, 0.6) is 0 Å². The summed E-state index contributed by atoms with van der Waals surface area (Å²) in [6.07, 6.45) is 5.91. The Morgan fingerprint density at radius 2 is 1.74 bits per heavy atom. The van der Waals surface area contributed by atoms with Crippen molar-refractivity contribution < 1.29 is 14.3 Å². The molecule has 0 saturated carbocycles. The number of hydrogen-bond acceptors (Lipinski definition) is 5. The van der Waals surface area contributed by atoms with Gasteiger partial charge in [-0.2, -0.15) is 0 Å². The zero-order valence-corrected chi connectivity index (χ0v) is 22.8. The summed E-state index contributed by atoms with van der Waals surface area (Å²) in [6.45, 7) is 7.44. The van der Waals surface area contributed by atoms with Crippen LogP contribution in [0.2, 0.25) is 0 Å². The molecule has 2 heterocycles. The Labute approximate surface area is 227 Å². The van der Waals surface area contributed by atoms with Crippen LogP contribution in [0.4, 0.5) is 4.79 Å². The Balaban J connectivity index is 1.36. The van der Waals surface area contributed by atoms with Crippen molar-refractivity contribution in [3.63, 3.8) is 0 Å². The lowest BCUT2D eigenvalue weighted by molar-refractivity contribution is -0.133. The molecule has 206 valence electrons. The van der Waals surface area contributed by atoms with Crippen molar-refractivity contribution in [2.24, 2.45) is 0 Å². The lowest BCUT2D eigenvalue weighted by atomic mass is 9.95. The monoisotopic (exact) mass is 520 g/mol. The molecule has 0 bridgehead atoms. The molecule has 2 aliphatic heterocycles. The number of rotatable bonds is 11. The van der Waals surface area contributed by atoms with E-state index in [1.54, 1.807) is 0 Å². The van der Waals surface area contributed by atoms with E-state index >= 15 is 0 Å². The SMILES string of the molecule is CC[C@H](CN1CC[C@@H](CNC(=O)OCc2ccccc2)N[C@@H](CCN2CCCCC2)C1=O)c1ccccc1. The first-order chi connectivity index (χ1) is 18.6.